The molecule has 2 nitrogen and oxygen atoms in total. The topological polar surface area (TPSA) is 46.2 Å². The predicted octanol–water partition coefficient (Wildman–Crippen LogP) is 2.03. The number of halogens is 4. The van der Waals surface area contributed by atoms with E-state index in [0.29, 0.717) is 0 Å². The smallest absolute Gasteiger partial charge is 0.142 e. The summed E-state index contributed by atoms with van der Waals surface area (Å²) in [5, 5.41) is 8.28. The molecule has 0 aliphatic heterocycles. The van der Waals surface area contributed by atoms with Crippen LogP contribution in [0.2, 0.25) is 5.02 Å². The number of aliphatic hydroxyl groups excluding tert-OH is 1. The lowest BCUT2D eigenvalue weighted by Gasteiger charge is -2.11. The molecule has 0 saturated heterocycles. The van der Waals surface area contributed by atoms with Crippen molar-refractivity contribution in [1.29, 1.82) is 0 Å². The second-order valence-corrected chi connectivity index (χ2v) is 2.92. The maximum atomic E-state index is 13.0. The quantitative estimate of drug-likeness (QED) is 0.782. The number of hydrogen-bond donors (Lipinski definition) is 2. The maximum absolute atomic E-state index is 13.0. The molecule has 0 aliphatic rings. The van der Waals surface area contributed by atoms with Gasteiger partial charge in [0.15, 0.2) is 0 Å². The van der Waals surface area contributed by atoms with Crippen molar-refractivity contribution in [3.63, 3.8) is 0 Å². The van der Waals surface area contributed by atoms with Crippen LogP contribution in [0.3, 0.4) is 0 Å². The molecule has 0 aliphatic carbocycles. The van der Waals surface area contributed by atoms with E-state index in [-0.39, 0.29) is 23.0 Å². The molecular formula is C8H9Cl2F2NO. The number of nitrogens with two attached hydrogens (primary N) is 1. The Kier molecular flexibility index (Phi) is 5.29. The van der Waals surface area contributed by atoms with Crippen LogP contribution in [-0.4, -0.2) is 11.7 Å². The van der Waals surface area contributed by atoms with Gasteiger partial charge in [-0.2, -0.15) is 0 Å². The minimum Gasteiger partial charge on any atom is -0.394 e. The van der Waals surface area contributed by atoms with Gasteiger partial charge in [0.1, 0.15) is 11.6 Å². The van der Waals surface area contributed by atoms with Gasteiger partial charge >= 0.3 is 0 Å². The average Bonchev–Trinajstić information content (AvgIpc) is 2.12. The van der Waals surface area contributed by atoms with E-state index in [1.54, 1.807) is 0 Å². The van der Waals surface area contributed by atoms with Gasteiger partial charge in [0, 0.05) is 5.56 Å². The van der Waals surface area contributed by atoms with Crippen LogP contribution in [0.15, 0.2) is 12.1 Å². The summed E-state index contributed by atoms with van der Waals surface area (Å²) in [4.78, 5) is 0. The van der Waals surface area contributed by atoms with Gasteiger partial charge in [-0.05, 0) is 12.1 Å². The first-order chi connectivity index (χ1) is 6.07. The average molecular weight is 244 g/mol. The normalized spacial score (nSPS) is 12.1. The summed E-state index contributed by atoms with van der Waals surface area (Å²) in [6.45, 7) is -0.486. The lowest BCUT2D eigenvalue weighted by atomic mass is 10.1. The SMILES string of the molecule is Cl.N[C@@H](CO)c1c(F)ccc(F)c1Cl. The van der Waals surface area contributed by atoms with E-state index in [0.717, 1.165) is 12.1 Å². The molecule has 80 valence electrons. The second-order valence-electron chi connectivity index (χ2n) is 2.55. The summed E-state index contributed by atoms with van der Waals surface area (Å²) < 4.78 is 25.8. The molecule has 1 aromatic rings. The van der Waals surface area contributed by atoms with Crippen LogP contribution in [0.5, 0.6) is 0 Å². The van der Waals surface area contributed by atoms with Crippen molar-refractivity contribution >= 4 is 24.0 Å². The van der Waals surface area contributed by atoms with Crippen molar-refractivity contribution in [2.24, 2.45) is 5.73 Å². The molecule has 0 bridgehead atoms. The molecule has 0 radical (unpaired) electrons. The Balaban J connectivity index is 0.00000169. The molecule has 0 unspecified atom stereocenters. The summed E-state index contributed by atoms with van der Waals surface area (Å²) in [7, 11) is 0. The molecule has 14 heavy (non-hydrogen) atoms. The molecule has 1 atom stereocenters. The monoisotopic (exact) mass is 243 g/mol. The van der Waals surface area contributed by atoms with Gasteiger partial charge in [0.05, 0.1) is 17.7 Å². The number of benzene rings is 1. The highest BCUT2D eigenvalue weighted by atomic mass is 35.5. The van der Waals surface area contributed by atoms with E-state index in [2.05, 4.69) is 0 Å². The van der Waals surface area contributed by atoms with Crippen molar-refractivity contribution in [1.82, 2.24) is 0 Å². The minimum absolute atomic E-state index is 0. The molecule has 0 aromatic heterocycles. The highest BCUT2D eigenvalue weighted by Gasteiger charge is 2.17. The van der Waals surface area contributed by atoms with E-state index in [9.17, 15) is 8.78 Å². The van der Waals surface area contributed by atoms with Gasteiger partial charge in [-0.3, -0.25) is 0 Å². The summed E-state index contributed by atoms with van der Waals surface area (Å²) >= 11 is 5.47. The molecule has 1 aromatic carbocycles. The molecule has 0 amide bonds. The Morgan fingerprint density at radius 2 is 1.86 bits per heavy atom. The van der Waals surface area contributed by atoms with Crippen LogP contribution in [0.25, 0.3) is 0 Å². The van der Waals surface area contributed by atoms with Crippen LogP contribution < -0.4 is 5.73 Å². The van der Waals surface area contributed by atoms with Crippen LogP contribution in [0.4, 0.5) is 8.78 Å². The molecule has 0 saturated carbocycles. The van der Waals surface area contributed by atoms with Gasteiger partial charge in [0.25, 0.3) is 0 Å². The fourth-order valence-electron chi connectivity index (χ4n) is 0.974. The minimum atomic E-state index is -0.997. The van der Waals surface area contributed by atoms with Crippen LogP contribution >= 0.6 is 24.0 Å². The third-order valence-electron chi connectivity index (χ3n) is 1.65. The van der Waals surface area contributed by atoms with Crippen LogP contribution in [0.1, 0.15) is 11.6 Å². The molecule has 6 heteroatoms. The summed E-state index contributed by atoms with van der Waals surface area (Å²) in [6, 6.07) is 0.834. The zero-order valence-corrected chi connectivity index (χ0v) is 8.58. The Morgan fingerprint density at radius 1 is 1.36 bits per heavy atom. The third kappa shape index (κ3) is 2.54. The molecule has 0 fully saturated rings. The first kappa shape index (κ1) is 13.6. The Hall–Kier alpha value is -0.420. The predicted molar refractivity (Wildman–Crippen MR) is 52.6 cm³/mol. The zero-order valence-electron chi connectivity index (χ0n) is 7.01. The van der Waals surface area contributed by atoms with Gasteiger partial charge in [0.2, 0.25) is 0 Å². The Bertz CT molecular complexity index is 322. The lowest BCUT2D eigenvalue weighted by molar-refractivity contribution is 0.265. The number of rotatable bonds is 2. The highest BCUT2D eigenvalue weighted by molar-refractivity contribution is 6.31. The van der Waals surface area contributed by atoms with Crippen molar-refractivity contribution in [3.8, 4) is 0 Å². The largest absolute Gasteiger partial charge is 0.394 e. The fourth-order valence-corrected chi connectivity index (χ4v) is 1.27. The second kappa shape index (κ2) is 5.46. The van der Waals surface area contributed by atoms with E-state index < -0.39 is 24.3 Å². The van der Waals surface area contributed by atoms with E-state index >= 15 is 0 Å². The molecule has 0 spiro atoms. The maximum Gasteiger partial charge on any atom is 0.142 e. The van der Waals surface area contributed by atoms with E-state index in [1.807, 2.05) is 0 Å². The summed E-state index contributed by atoms with van der Waals surface area (Å²) in [5.74, 6) is -1.46. The Labute approximate surface area is 91.1 Å². The standard InChI is InChI=1S/C8H8ClF2NO.ClH/c9-8-5(11)2-1-4(10)7(8)6(12)3-13;/h1-2,6,13H,3,12H2;1H/t6-;/m0./s1. The molecular weight excluding hydrogens is 235 g/mol. The van der Waals surface area contributed by atoms with E-state index in [1.165, 1.54) is 0 Å². The fraction of sp³-hybridized carbons (Fsp3) is 0.250. The molecule has 3 N–H and O–H groups in total. The zero-order chi connectivity index (χ0) is 10.0. The first-order valence-corrected chi connectivity index (χ1v) is 3.95. The summed E-state index contributed by atoms with van der Waals surface area (Å²) in [5.41, 5.74) is 5.13. The van der Waals surface area contributed by atoms with Crippen molar-refractivity contribution in [2.75, 3.05) is 6.61 Å². The molecule has 0 heterocycles. The van der Waals surface area contributed by atoms with Crippen LogP contribution in [-0.2, 0) is 0 Å². The summed E-state index contributed by atoms with van der Waals surface area (Å²) in [6.07, 6.45) is 0. The molecule has 1 rings (SSSR count). The van der Waals surface area contributed by atoms with Gasteiger partial charge in [-0.25, -0.2) is 8.78 Å². The van der Waals surface area contributed by atoms with Gasteiger partial charge < -0.3 is 10.8 Å². The van der Waals surface area contributed by atoms with Crippen molar-refractivity contribution in [2.45, 2.75) is 6.04 Å². The van der Waals surface area contributed by atoms with E-state index in [4.69, 9.17) is 22.4 Å². The number of aliphatic hydroxyl groups is 1. The van der Waals surface area contributed by atoms with Crippen LogP contribution in [0, 0.1) is 11.6 Å². The third-order valence-corrected chi connectivity index (χ3v) is 2.03. The highest BCUT2D eigenvalue weighted by Crippen LogP contribution is 2.26. The van der Waals surface area contributed by atoms with Gasteiger partial charge in [-0.15, -0.1) is 12.4 Å². The first-order valence-electron chi connectivity index (χ1n) is 3.57. The van der Waals surface area contributed by atoms with Crippen molar-refractivity contribution in [3.05, 3.63) is 34.4 Å². The van der Waals surface area contributed by atoms with Gasteiger partial charge in [-0.1, -0.05) is 11.6 Å². The lowest BCUT2D eigenvalue weighted by Crippen LogP contribution is -2.17. The van der Waals surface area contributed by atoms with Crippen molar-refractivity contribution < 1.29 is 13.9 Å². The Morgan fingerprint density at radius 3 is 2.36 bits per heavy atom. The number of hydrogen-bond acceptors (Lipinski definition) is 2.